The van der Waals surface area contributed by atoms with Gasteiger partial charge in [-0.2, -0.15) is 4.59 Å². The Kier molecular flexibility index (Phi) is 4.78. The SMILES string of the molecule is CC1(C)C(c2ccccc2)=N[N+](C)(C)C1c1ccccc1.[I-]. The Hall–Kier alpha value is -1.20. The predicted octanol–water partition coefficient (Wildman–Crippen LogP) is 1.25. The Morgan fingerprint density at radius 1 is 0.864 bits per heavy atom. The molecule has 0 aromatic heterocycles. The van der Waals surface area contributed by atoms with Gasteiger partial charge in [-0.3, -0.25) is 0 Å². The van der Waals surface area contributed by atoms with Crippen LogP contribution in [0.15, 0.2) is 65.8 Å². The van der Waals surface area contributed by atoms with E-state index in [0.717, 1.165) is 0 Å². The molecule has 0 saturated carbocycles. The topological polar surface area (TPSA) is 12.4 Å². The van der Waals surface area contributed by atoms with Crippen LogP contribution in [0.25, 0.3) is 0 Å². The maximum Gasteiger partial charge on any atom is 0.149 e. The second-order valence-electron chi connectivity index (χ2n) is 6.83. The summed E-state index contributed by atoms with van der Waals surface area (Å²) in [5.74, 6) is 0. The van der Waals surface area contributed by atoms with Crippen LogP contribution in [0.1, 0.15) is 31.0 Å². The molecule has 2 aromatic carbocycles. The molecule has 0 spiro atoms. The maximum absolute atomic E-state index is 5.06. The second kappa shape index (κ2) is 6.13. The van der Waals surface area contributed by atoms with Gasteiger partial charge < -0.3 is 24.0 Å². The first kappa shape index (κ1) is 17.2. The molecular formula is C19H23IN2. The fourth-order valence-corrected chi connectivity index (χ4v) is 3.81. The number of halogens is 1. The number of nitrogens with zero attached hydrogens (tertiary/aromatic N) is 2. The van der Waals surface area contributed by atoms with Crippen molar-refractivity contribution in [3.63, 3.8) is 0 Å². The molecule has 0 fully saturated rings. The van der Waals surface area contributed by atoms with Gasteiger partial charge in [0.2, 0.25) is 0 Å². The van der Waals surface area contributed by atoms with Crippen LogP contribution in [0.4, 0.5) is 0 Å². The van der Waals surface area contributed by atoms with Gasteiger partial charge in [-0.15, -0.1) is 0 Å². The molecular weight excluding hydrogens is 383 g/mol. The number of quaternary nitrogens is 1. The first-order valence-electron chi connectivity index (χ1n) is 7.47. The van der Waals surface area contributed by atoms with Gasteiger partial charge in [0, 0.05) is 11.1 Å². The number of benzene rings is 2. The van der Waals surface area contributed by atoms with Gasteiger partial charge >= 0.3 is 0 Å². The smallest absolute Gasteiger partial charge is 0.149 e. The van der Waals surface area contributed by atoms with Crippen molar-refractivity contribution < 1.29 is 28.6 Å². The van der Waals surface area contributed by atoms with E-state index < -0.39 is 0 Å². The highest BCUT2D eigenvalue weighted by Crippen LogP contribution is 2.49. The van der Waals surface area contributed by atoms with Crippen LogP contribution in [0.5, 0.6) is 0 Å². The van der Waals surface area contributed by atoms with Gasteiger partial charge in [-0.05, 0) is 13.8 Å². The van der Waals surface area contributed by atoms with E-state index >= 15 is 0 Å². The normalized spacial score (nSPS) is 21.8. The van der Waals surface area contributed by atoms with Crippen molar-refractivity contribution >= 4 is 5.71 Å². The second-order valence-corrected chi connectivity index (χ2v) is 6.83. The molecule has 1 unspecified atom stereocenters. The quantitative estimate of drug-likeness (QED) is 0.526. The van der Waals surface area contributed by atoms with Gasteiger partial charge in [0.15, 0.2) is 0 Å². The van der Waals surface area contributed by atoms with E-state index in [2.05, 4.69) is 88.6 Å². The van der Waals surface area contributed by atoms with Crippen molar-refractivity contribution in [1.29, 1.82) is 0 Å². The lowest BCUT2D eigenvalue weighted by Gasteiger charge is -2.34. The largest absolute Gasteiger partial charge is 1.00 e. The Morgan fingerprint density at radius 3 is 1.91 bits per heavy atom. The van der Waals surface area contributed by atoms with Crippen LogP contribution < -0.4 is 24.0 Å². The molecule has 1 aliphatic rings. The molecule has 116 valence electrons. The lowest BCUT2D eigenvalue weighted by Crippen LogP contribution is -3.00. The molecule has 0 saturated heterocycles. The first-order chi connectivity index (χ1) is 9.93. The fraction of sp³-hybridized carbons (Fsp3) is 0.316. The molecule has 3 rings (SSSR count). The molecule has 1 atom stereocenters. The van der Waals surface area contributed by atoms with Crippen molar-refractivity contribution in [2.45, 2.75) is 19.9 Å². The number of hydrogen-bond donors (Lipinski definition) is 0. The maximum atomic E-state index is 5.06. The van der Waals surface area contributed by atoms with Crippen molar-refractivity contribution in [3.8, 4) is 0 Å². The summed E-state index contributed by atoms with van der Waals surface area (Å²) >= 11 is 0. The number of hydrogen-bond acceptors (Lipinski definition) is 1. The third-order valence-electron chi connectivity index (χ3n) is 4.45. The molecule has 2 aromatic rings. The Bertz CT molecular complexity index is 660. The van der Waals surface area contributed by atoms with Crippen molar-refractivity contribution in [1.82, 2.24) is 0 Å². The van der Waals surface area contributed by atoms with Crippen LogP contribution >= 0.6 is 0 Å². The molecule has 0 amide bonds. The highest BCUT2D eigenvalue weighted by molar-refractivity contribution is 6.05. The van der Waals surface area contributed by atoms with Crippen molar-refractivity contribution in [2.75, 3.05) is 14.1 Å². The van der Waals surface area contributed by atoms with Crippen molar-refractivity contribution in [3.05, 3.63) is 71.8 Å². The van der Waals surface area contributed by atoms with E-state index in [0.29, 0.717) is 10.6 Å². The van der Waals surface area contributed by atoms with E-state index in [9.17, 15) is 0 Å². The zero-order valence-corrected chi connectivity index (χ0v) is 15.8. The van der Waals surface area contributed by atoms with Gasteiger partial charge in [0.05, 0.1) is 19.5 Å². The van der Waals surface area contributed by atoms with Gasteiger partial charge in [0.1, 0.15) is 11.8 Å². The zero-order valence-electron chi connectivity index (χ0n) is 13.6. The van der Waals surface area contributed by atoms with Gasteiger partial charge in [-0.1, -0.05) is 65.8 Å². The van der Waals surface area contributed by atoms with E-state index in [-0.39, 0.29) is 29.4 Å². The summed E-state index contributed by atoms with van der Waals surface area (Å²) in [5.41, 5.74) is 3.77. The summed E-state index contributed by atoms with van der Waals surface area (Å²) in [6.45, 7) is 4.62. The monoisotopic (exact) mass is 406 g/mol. The van der Waals surface area contributed by atoms with Crippen LogP contribution in [0.3, 0.4) is 0 Å². The Labute approximate surface area is 150 Å². The summed E-state index contributed by atoms with van der Waals surface area (Å²) < 4.78 is 0.640. The lowest BCUT2D eigenvalue weighted by molar-refractivity contribution is -0.926. The minimum Gasteiger partial charge on any atom is -1.00 e. The average molecular weight is 406 g/mol. The Balaban J connectivity index is 0.00000176. The summed E-state index contributed by atoms with van der Waals surface area (Å²) in [6.07, 6.45) is 0. The molecule has 1 heterocycles. The van der Waals surface area contributed by atoms with E-state index in [1.54, 1.807) is 0 Å². The average Bonchev–Trinajstić information content (AvgIpc) is 2.66. The third kappa shape index (κ3) is 2.84. The van der Waals surface area contributed by atoms with Gasteiger partial charge in [-0.25, -0.2) is 0 Å². The summed E-state index contributed by atoms with van der Waals surface area (Å²) in [5, 5.41) is 5.06. The summed E-state index contributed by atoms with van der Waals surface area (Å²) in [4.78, 5) is 0. The molecule has 1 aliphatic heterocycles. The minimum atomic E-state index is -0.00773. The summed E-state index contributed by atoms with van der Waals surface area (Å²) in [6, 6.07) is 21.6. The molecule has 0 radical (unpaired) electrons. The molecule has 0 bridgehead atoms. The van der Waals surface area contributed by atoms with Crippen molar-refractivity contribution in [2.24, 2.45) is 10.5 Å². The van der Waals surface area contributed by atoms with E-state index in [1.807, 2.05) is 0 Å². The standard InChI is InChI=1S/C19H23N2.HI/c1-19(2)17(15-11-7-5-8-12-15)20-21(3,4)18(19)16-13-9-6-10-14-16;/h5-14,18H,1-4H3;1H/q+1;/p-1. The van der Waals surface area contributed by atoms with E-state index in [4.69, 9.17) is 5.10 Å². The molecule has 0 N–H and O–H groups in total. The van der Waals surface area contributed by atoms with E-state index in [1.165, 1.54) is 16.8 Å². The summed E-state index contributed by atoms with van der Waals surface area (Å²) in [7, 11) is 4.38. The van der Waals surface area contributed by atoms with Crippen LogP contribution in [0, 0.1) is 5.41 Å². The molecule has 2 nitrogen and oxygen atoms in total. The number of rotatable bonds is 2. The van der Waals surface area contributed by atoms with Crippen LogP contribution in [-0.2, 0) is 0 Å². The molecule has 22 heavy (non-hydrogen) atoms. The Morgan fingerprint density at radius 2 is 1.36 bits per heavy atom. The zero-order chi connectivity index (χ0) is 15.1. The highest BCUT2D eigenvalue weighted by atomic mass is 127. The predicted molar refractivity (Wildman–Crippen MR) is 88.1 cm³/mol. The van der Waals surface area contributed by atoms with Crippen LogP contribution in [0.2, 0.25) is 0 Å². The van der Waals surface area contributed by atoms with Gasteiger partial charge in [0.25, 0.3) is 0 Å². The minimum absolute atomic E-state index is 0. The molecule has 3 heteroatoms. The fourth-order valence-electron chi connectivity index (χ4n) is 3.81. The lowest BCUT2D eigenvalue weighted by atomic mass is 9.75. The third-order valence-corrected chi connectivity index (χ3v) is 4.45. The first-order valence-corrected chi connectivity index (χ1v) is 7.47. The highest BCUT2D eigenvalue weighted by Gasteiger charge is 2.53. The molecule has 0 aliphatic carbocycles. The van der Waals surface area contributed by atoms with Crippen LogP contribution in [-0.4, -0.2) is 24.4 Å².